The zero-order valence-corrected chi connectivity index (χ0v) is 12.5. The number of hydrogen-bond acceptors (Lipinski definition) is 4. The van der Waals surface area contributed by atoms with Crippen molar-refractivity contribution in [2.45, 2.75) is 11.4 Å². The zero-order chi connectivity index (χ0) is 13.9. The number of halogens is 1. The number of hydrogen-bond donors (Lipinski definition) is 2. The molecule has 1 aromatic heterocycles. The summed E-state index contributed by atoms with van der Waals surface area (Å²) in [7, 11) is -2.06. The summed E-state index contributed by atoms with van der Waals surface area (Å²) in [5.74, 6) is 1.13. The van der Waals surface area contributed by atoms with Crippen LogP contribution in [0.25, 0.3) is 0 Å². The molecule has 0 radical (unpaired) electrons. The summed E-state index contributed by atoms with van der Waals surface area (Å²) in [6, 6.07) is 4.56. The number of sulfonamides is 1. The molecule has 0 spiro atoms. The van der Waals surface area contributed by atoms with Gasteiger partial charge in [-0.2, -0.15) is 0 Å². The Hall–Kier alpha value is -1.38. The highest BCUT2D eigenvalue weighted by Crippen LogP contribution is 2.27. The smallest absolute Gasteiger partial charge is 0.241 e. The average Bonchev–Trinajstić information content (AvgIpc) is 2.89. The third-order valence-electron chi connectivity index (χ3n) is 2.42. The van der Waals surface area contributed by atoms with Crippen LogP contribution in [0.5, 0.6) is 5.75 Å². The van der Waals surface area contributed by atoms with E-state index in [0.29, 0.717) is 16.0 Å². The molecule has 0 unspecified atom stereocenters. The second-order valence-electron chi connectivity index (χ2n) is 3.66. The topological polar surface area (TPSA) is 84.1 Å². The van der Waals surface area contributed by atoms with Gasteiger partial charge in [0.15, 0.2) is 0 Å². The lowest BCUT2D eigenvalue weighted by molar-refractivity contribution is 0.411. The minimum atomic E-state index is -3.58. The van der Waals surface area contributed by atoms with E-state index < -0.39 is 10.0 Å². The van der Waals surface area contributed by atoms with E-state index in [1.54, 1.807) is 18.5 Å². The molecule has 0 aliphatic rings. The fourth-order valence-electron chi connectivity index (χ4n) is 1.46. The van der Waals surface area contributed by atoms with E-state index >= 15 is 0 Å². The summed E-state index contributed by atoms with van der Waals surface area (Å²) < 4.78 is 32.2. The van der Waals surface area contributed by atoms with Gasteiger partial charge in [0.2, 0.25) is 10.0 Å². The van der Waals surface area contributed by atoms with Crippen molar-refractivity contribution in [2.24, 2.45) is 0 Å². The maximum absolute atomic E-state index is 12.1. The molecule has 6 nitrogen and oxygen atoms in total. The van der Waals surface area contributed by atoms with E-state index in [9.17, 15) is 8.42 Å². The molecule has 0 bridgehead atoms. The standard InChI is InChI=1S/C11H12BrN3O3S/c1-18-10-3-2-8(6-9(10)12)19(16,17)15-7-11-13-4-5-14-11/h2-6,15H,7H2,1H3,(H,13,14). The molecule has 2 aromatic rings. The first-order chi connectivity index (χ1) is 9.03. The van der Waals surface area contributed by atoms with Crippen LogP contribution in [0.4, 0.5) is 0 Å². The van der Waals surface area contributed by atoms with Crippen molar-refractivity contribution < 1.29 is 13.2 Å². The molecule has 19 heavy (non-hydrogen) atoms. The lowest BCUT2D eigenvalue weighted by Gasteiger charge is -2.08. The van der Waals surface area contributed by atoms with Gasteiger partial charge < -0.3 is 9.72 Å². The SMILES string of the molecule is COc1ccc(S(=O)(=O)NCc2ncc[nH]2)cc1Br. The Morgan fingerprint density at radius 3 is 2.84 bits per heavy atom. The Bertz CT molecular complexity index is 656. The van der Waals surface area contributed by atoms with Crippen LogP contribution in [0, 0.1) is 0 Å². The number of benzene rings is 1. The molecule has 0 amide bonds. The molecule has 0 saturated carbocycles. The summed E-state index contributed by atoms with van der Waals surface area (Å²) in [6.45, 7) is 0.110. The fourth-order valence-corrected chi connectivity index (χ4v) is 3.16. The highest BCUT2D eigenvalue weighted by atomic mass is 79.9. The lowest BCUT2D eigenvalue weighted by atomic mass is 10.3. The summed E-state index contributed by atoms with van der Waals surface area (Å²) in [4.78, 5) is 6.93. The molecule has 102 valence electrons. The third-order valence-corrected chi connectivity index (χ3v) is 4.44. The molecule has 2 rings (SSSR count). The minimum Gasteiger partial charge on any atom is -0.496 e. The van der Waals surface area contributed by atoms with Crippen molar-refractivity contribution >= 4 is 26.0 Å². The third kappa shape index (κ3) is 3.34. The van der Waals surface area contributed by atoms with Crippen LogP contribution in [0.1, 0.15) is 5.82 Å². The van der Waals surface area contributed by atoms with Crippen molar-refractivity contribution in [3.8, 4) is 5.75 Å². The summed E-state index contributed by atoms with van der Waals surface area (Å²) in [5, 5.41) is 0. The molecule has 0 aliphatic heterocycles. The van der Waals surface area contributed by atoms with Crippen LogP contribution >= 0.6 is 15.9 Å². The largest absolute Gasteiger partial charge is 0.496 e. The van der Waals surface area contributed by atoms with Crippen molar-refractivity contribution in [1.82, 2.24) is 14.7 Å². The van der Waals surface area contributed by atoms with E-state index in [1.807, 2.05) is 0 Å². The molecule has 1 heterocycles. The normalized spacial score (nSPS) is 11.5. The molecule has 0 fully saturated rings. The number of nitrogens with zero attached hydrogens (tertiary/aromatic N) is 1. The highest BCUT2D eigenvalue weighted by molar-refractivity contribution is 9.10. The predicted octanol–water partition coefficient (Wildman–Crippen LogP) is 1.66. The van der Waals surface area contributed by atoms with E-state index in [-0.39, 0.29) is 11.4 Å². The summed E-state index contributed by atoms with van der Waals surface area (Å²) >= 11 is 3.25. The van der Waals surface area contributed by atoms with Crippen LogP contribution in [0.3, 0.4) is 0 Å². The minimum absolute atomic E-state index is 0.110. The molecule has 0 atom stereocenters. The lowest BCUT2D eigenvalue weighted by Crippen LogP contribution is -2.23. The molecule has 8 heteroatoms. The van der Waals surface area contributed by atoms with Gasteiger partial charge >= 0.3 is 0 Å². The first-order valence-electron chi connectivity index (χ1n) is 5.34. The van der Waals surface area contributed by atoms with Gasteiger partial charge in [-0.1, -0.05) is 0 Å². The van der Waals surface area contributed by atoms with Gasteiger partial charge in [-0.3, -0.25) is 0 Å². The van der Waals surface area contributed by atoms with Crippen LogP contribution in [0.2, 0.25) is 0 Å². The second kappa shape index (κ2) is 5.72. The van der Waals surface area contributed by atoms with E-state index in [4.69, 9.17) is 4.74 Å². The first kappa shape index (κ1) is 14.0. The predicted molar refractivity (Wildman–Crippen MR) is 73.3 cm³/mol. The Balaban J connectivity index is 2.17. The van der Waals surface area contributed by atoms with Gasteiger partial charge in [0, 0.05) is 12.4 Å². The maximum Gasteiger partial charge on any atom is 0.241 e. The quantitative estimate of drug-likeness (QED) is 0.862. The van der Waals surface area contributed by atoms with Gasteiger partial charge in [-0.25, -0.2) is 18.1 Å². The number of ether oxygens (including phenoxy) is 1. The van der Waals surface area contributed by atoms with E-state index in [0.717, 1.165) is 0 Å². The fraction of sp³-hybridized carbons (Fsp3) is 0.182. The van der Waals surface area contributed by atoms with Crippen molar-refractivity contribution in [1.29, 1.82) is 0 Å². The van der Waals surface area contributed by atoms with Crippen LogP contribution in [-0.4, -0.2) is 25.5 Å². The number of nitrogens with one attached hydrogen (secondary N) is 2. The van der Waals surface area contributed by atoms with Crippen LogP contribution in [-0.2, 0) is 16.6 Å². The molecule has 0 saturated heterocycles. The average molecular weight is 346 g/mol. The number of rotatable bonds is 5. The van der Waals surface area contributed by atoms with E-state index in [1.165, 1.54) is 19.2 Å². The molecule has 1 aromatic carbocycles. The summed E-state index contributed by atoms with van der Waals surface area (Å²) in [5.41, 5.74) is 0. The number of H-pyrrole nitrogens is 1. The van der Waals surface area contributed by atoms with Crippen molar-refractivity contribution in [2.75, 3.05) is 7.11 Å². The number of methoxy groups -OCH3 is 1. The van der Waals surface area contributed by atoms with Crippen LogP contribution in [0.15, 0.2) is 40.0 Å². The summed E-state index contributed by atoms with van der Waals surface area (Å²) in [6.07, 6.45) is 3.20. The van der Waals surface area contributed by atoms with Crippen molar-refractivity contribution in [3.05, 3.63) is 40.9 Å². The highest BCUT2D eigenvalue weighted by Gasteiger charge is 2.15. The Morgan fingerprint density at radius 2 is 2.26 bits per heavy atom. The monoisotopic (exact) mass is 345 g/mol. The Morgan fingerprint density at radius 1 is 1.47 bits per heavy atom. The number of aromatic nitrogens is 2. The Labute approximate surface area is 119 Å². The van der Waals surface area contributed by atoms with E-state index in [2.05, 4.69) is 30.6 Å². The first-order valence-corrected chi connectivity index (χ1v) is 7.62. The maximum atomic E-state index is 12.1. The molecular weight excluding hydrogens is 334 g/mol. The van der Waals surface area contributed by atoms with Gasteiger partial charge in [0.05, 0.1) is 23.0 Å². The molecule has 0 aliphatic carbocycles. The Kier molecular flexibility index (Phi) is 4.23. The van der Waals surface area contributed by atoms with Gasteiger partial charge in [0.25, 0.3) is 0 Å². The molecule has 2 N–H and O–H groups in total. The van der Waals surface area contributed by atoms with Crippen molar-refractivity contribution in [3.63, 3.8) is 0 Å². The number of aromatic amines is 1. The zero-order valence-electron chi connectivity index (χ0n) is 10.1. The number of imidazole rings is 1. The van der Waals surface area contributed by atoms with Gasteiger partial charge in [-0.15, -0.1) is 0 Å². The van der Waals surface area contributed by atoms with Gasteiger partial charge in [-0.05, 0) is 34.1 Å². The molecular formula is C11H12BrN3O3S. The van der Waals surface area contributed by atoms with Crippen LogP contribution < -0.4 is 9.46 Å². The second-order valence-corrected chi connectivity index (χ2v) is 6.28. The van der Waals surface area contributed by atoms with Gasteiger partial charge in [0.1, 0.15) is 11.6 Å².